The molecule has 0 spiro atoms. The number of pyridine rings is 1. The molecule has 2 aromatic carbocycles. The molecule has 2 fully saturated rings. The van der Waals surface area contributed by atoms with Crippen molar-refractivity contribution in [2.45, 2.75) is 30.7 Å². The highest BCUT2D eigenvalue weighted by Crippen LogP contribution is 2.46. The van der Waals surface area contributed by atoms with E-state index in [0.717, 1.165) is 11.6 Å². The number of amides is 1. The lowest BCUT2D eigenvalue weighted by molar-refractivity contribution is -0.137. The highest BCUT2D eigenvalue weighted by Gasteiger charge is 2.47. The molecule has 2 aliphatic rings. The first-order valence-corrected chi connectivity index (χ1v) is 11.8. The van der Waals surface area contributed by atoms with Crippen LogP contribution in [0.25, 0.3) is 0 Å². The number of halogens is 4. The molecule has 0 atom stereocenters. The number of aromatic nitrogens is 1. The number of methoxy groups -OCH3 is 1. The largest absolute Gasteiger partial charge is 0.487 e. The van der Waals surface area contributed by atoms with E-state index < -0.39 is 35.0 Å². The molecule has 2 heterocycles. The first-order valence-electron chi connectivity index (χ1n) is 11.8. The van der Waals surface area contributed by atoms with Crippen molar-refractivity contribution >= 4 is 17.7 Å². The highest BCUT2D eigenvalue weighted by molar-refractivity contribution is 6.00. The molecule has 3 aromatic rings. The Hall–Kier alpha value is -4.15. The molecule has 1 aromatic heterocycles. The number of hydrogen-bond acceptors (Lipinski definition) is 6. The van der Waals surface area contributed by atoms with Crippen molar-refractivity contribution in [2.75, 3.05) is 25.1 Å². The molecule has 1 saturated heterocycles. The van der Waals surface area contributed by atoms with Crippen LogP contribution in [0, 0.1) is 5.82 Å². The quantitative estimate of drug-likeness (QED) is 0.353. The van der Waals surface area contributed by atoms with Crippen molar-refractivity contribution in [1.29, 1.82) is 0 Å². The fraction of sp³-hybridized carbons (Fsp3) is 0.296. The second-order valence-electron chi connectivity index (χ2n) is 9.30. The van der Waals surface area contributed by atoms with Crippen LogP contribution in [0.4, 0.5) is 23.4 Å². The van der Waals surface area contributed by atoms with Gasteiger partial charge in [0.05, 0.1) is 42.4 Å². The maximum atomic E-state index is 13.5. The van der Waals surface area contributed by atoms with Gasteiger partial charge in [-0.1, -0.05) is 12.1 Å². The lowest BCUT2D eigenvalue weighted by atomic mass is 10.0. The van der Waals surface area contributed by atoms with Gasteiger partial charge >= 0.3 is 12.1 Å². The van der Waals surface area contributed by atoms with Gasteiger partial charge in [-0.3, -0.25) is 4.79 Å². The van der Waals surface area contributed by atoms with Gasteiger partial charge < -0.3 is 19.7 Å². The summed E-state index contributed by atoms with van der Waals surface area (Å²) in [6.07, 6.45) is -3.09. The van der Waals surface area contributed by atoms with Crippen molar-refractivity contribution in [3.8, 4) is 5.75 Å². The van der Waals surface area contributed by atoms with E-state index >= 15 is 0 Å². The number of hydrogen-bond donors (Lipinski definition) is 1. The fourth-order valence-corrected chi connectivity index (χ4v) is 4.36. The van der Waals surface area contributed by atoms with E-state index in [1.54, 1.807) is 29.2 Å². The Morgan fingerprint density at radius 1 is 1.05 bits per heavy atom. The molecule has 1 aliphatic heterocycles. The van der Waals surface area contributed by atoms with E-state index in [0.29, 0.717) is 30.4 Å². The zero-order chi connectivity index (χ0) is 27.1. The number of rotatable bonds is 7. The van der Waals surface area contributed by atoms with E-state index in [2.05, 4.69) is 10.3 Å². The molecular formula is C27H23F4N3O4. The lowest BCUT2D eigenvalue weighted by Crippen LogP contribution is -2.55. The standard InChI is InChI=1S/C27H23F4N3O4/c1-37-25(36)16-2-4-17(5-3-16)26(10-11-26)33-24(35)22-12-18(27(29,30)31)13-32-23(22)34-14-21(15-34)38-20-8-6-19(28)7-9-20/h2-9,12-13,21H,10-11,14-15H2,1H3,(H,33,35). The number of nitrogens with one attached hydrogen (secondary N) is 1. The minimum absolute atomic E-state index is 0.117. The zero-order valence-electron chi connectivity index (χ0n) is 20.2. The first kappa shape index (κ1) is 25.5. The topological polar surface area (TPSA) is 80.8 Å². The summed E-state index contributed by atoms with van der Waals surface area (Å²) in [4.78, 5) is 30.7. The second kappa shape index (κ2) is 9.62. The number of anilines is 1. The van der Waals surface area contributed by atoms with Crippen LogP contribution in [0.1, 0.15) is 44.7 Å². The van der Waals surface area contributed by atoms with Crippen LogP contribution in [0.3, 0.4) is 0 Å². The predicted octanol–water partition coefficient (Wildman–Crippen LogP) is 4.71. The van der Waals surface area contributed by atoms with Gasteiger partial charge in [-0.25, -0.2) is 14.2 Å². The van der Waals surface area contributed by atoms with Crippen molar-refractivity contribution < 1.29 is 36.6 Å². The number of carbonyl (C=O) groups is 2. The van der Waals surface area contributed by atoms with Gasteiger partial charge in [-0.05, 0) is 60.9 Å². The smallest absolute Gasteiger partial charge is 0.417 e. The predicted molar refractivity (Wildman–Crippen MR) is 128 cm³/mol. The van der Waals surface area contributed by atoms with Crippen molar-refractivity contribution in [1.82, 2.24) is 10.3 Å². The Labute approximate surface area is 215 Å². The Morgan fingerprint density at radius 2 is 1.71 bits per heavy atom. The molecule has 1 N–H and O–H groups in total. The van der Waals surface area contributed by atoms with Crippen LogP contribution >= 0.6 is 0 Å². The van der Waals surface area contributed by atoms with Gasteiger partial charge in [-0.15, -0.1) is 0 Å². The van der Waals surface area contributed by atoms with Gasteiger partial charge in [0.25, 0.3) is 5.91 Å². The molecule has 11 heteroatoms. The number of alkyl halides is 3. The first-order chi connectivity index (χ1) is 18.1. The lowest BCUT2D eigenvalue weighted by Gasteiger charge is -2.40. The van der Waals surface area contributed by atoms with E-state index in [1.165, 1.54) is 31.4 Å². The Balaban J connectivity index is 1.34. The summed E-state index contributed by atoms with van der Waals surface area (Å²) in [6, 6.07) is 12.8. The normalized spacial score (nSPS) is 16.4. The third-order valence-corrected chi connectivity index (χ3v) is 6.66. The Kier molecular flexibility index (Phi) is 6.46. The molecule has 1 amide bonds. The second-order valence-corrected chi connectivity index (χ2v) is 9.30. The van der Waals surface area contributed by atoms with Gasteiger partial charge in [0.15, 0.2) is 0 Å². The summed E-state index contributed by atoms with van der Waals surface area (Å²) in [5.74, 6) is -1.00. The molecule has 0 bridgehead atoms. The molecule has 7 nitrogen and oxygen atoms in total. The summed E-state index contributed by atoms with van der Waals surface area (Å²) >= 11 is 0. The van der Waals surface area contributed by atoms with Gasteiger partial charge in [0, 0.05) is 6.20 Å². The highest BCUT2D eigenvalue weighted by atomic mass is 19.4. The number of carbonyl (C=O) groups excluding carboxylic acids is 2. The molecule has 0 radical (unpaired) electrons. The fourth-order valence-electron chi connectivity index (χ4n) is 4.36. The monoisotopic (exact) mass is 529 g/mol. The molecule has 5 rings (SSSR count). The van der Waals surface area contributed by atoms with Crippen molar-refractivity contribution in [3.63, 3.8) is 0 Å². The van der Waals surface area contributed by atoms with Crippen LogP contribution in [-0.2, 0) is 16.5 Å². The van der Waals surface area contributed by atoms with E-state index in [1.807, 2.05) is 0 Å². The number of ether oxygens (including phenoxy) is 2. The average molecular weight is 529 g/mol. The summed E-state index contributed by atoms with van der Waals surface area (Å²) in [7, 11) is 1.27. The third-order valence-electron chi connectivity index (χ3n) is 6.66. The molecule has 38 heavy (non-hydrogen) atoms. The number of esters is 1. The molecule has 198 valence electrons. The number of benzene rings is 2. The van der Waals surface area contributed by atoms with Crippen molar-refractivity contribution in [3.05, 3.63) is 88.9 Å². The van der Waals surface area contributed by atoms with Gasteiger partial charge in [0.2, 0.25) is 0 Å². The minimum Gasteiger partial charge on any atom is -0.487 e. The summed E-state index contributed by atoms with van der Waals surface area (Å²) in [5.41, 5.74) is -0.897. The molecular weight excluding hydrogens is 506 g/mol. The maximum absolute atomic E-state index is 13.5. The van der Waals surface area contributed by atoms with Crippen LogP contribution < -0.4 is 15.0 Å². The Morgan fingerprint density at radius 3 is 2.29 bits per heavy atom. The summed E-state index contributed by atoms with van der Waals surface area (Å²) < 4.78 is 64.0. The summed E-state index contributed by atoms with van der Waals surface area (Å²) in [5, 5.41) is 2.89. The Bertz CT molecular complexity index is 1350. The van der Waals surface area contributed by atoms with E-state index in [9.17, 15) is 27.2 Å². The SMILES string of the molecule is COC(=O)c1ccc(C2(NC(=O)c3cc(C(F)(F)F)cnc3N3CC(Oc4ccc(F)cc4)C3)CC2)cc1. The van der Waals surface area contributed by atoms with E-state index in [-0.39, 0.29) is 30.6 Å². The summed E-state index contributed by atoms with van der Waals surface area (Å²) in [6.45, 7) is 0.576. The van der Waals surface area contributed by atoms with Gasteiger partial charge in [0.1, 0.15) is 23.5 Å². The molecule has 1 aliphatic carbocycles. The van der Waals surface area contributed by atoms with Crippen LogP contribution in [-0.4, -0.2) is 43.2 Å². The van der Waals surface area contributed by atoms with Crippen molar-refractivity contribution in [2.24, 2.45) is 0 Å². The number of nitrogens with zero attached hydrogens (tertiary/aromatic N) is 2. The van der Waals surface area contributed by atoms with Crippen LogP contribution in [0.2, 0.25) is 0 Å². The molecule has 1 saturated carbocycles. The van der Waals surface area contributed by atoms with E-state index in [4.69, 9.17) is 9.47 Å². The van der Waals surface area contributed by atoms with Crippen LogP contribution in [0.15, 0.2) is 60.8 Å². The average Bonchev–Trinajstić information content (AvgIpc) is 3.66. The molecule has 0 unspecified atom stereocenters. The maximum Gasteiger partial charge on any atom is 0.417 e. The minimum atomic E-state index is -4.68. The van der Waals surface area contributed by atoms with Crippen LogP contribution in [0.5, 0.6) is 5.75 Å². The zero-order valence-corrected chi connectivity index (χ0v) is 20.2. The third kappa shape index (κ3) is 5.13. The van der Waals surface area contributed by atoms with Gasteiger partial charge in [-0.2, -0.15) is 13.2 Å².